The number of carbonyl (C=O) groups excluding carboxylic acids is 1. The van der Waals surface area contributed by atoms with Crippen molar-refractivity contribution in [2.24, 2.45) is 29.1 Å². The number of hydrogen-bond donors (Lipinski definition) is 1. The van der Waals surface area contributed by atoms with Crippen molar-refractivity contribution in [3.63, 3.8) is 0 Å². The zero-order valence-electron chi connectivity index (χ0n) is 20.5. The van der Waals surface area contributed by atoms with E-state index in [1.54, 1.807) is 30.6 Å². The van der Waals surface area contributed by atoms with Crippen LogP contribution < -0.4 is 10.4 Å². The van der Waals surface area contributed by atoms with E-state index in [0.29, 0.717) is 29.4 Å². The van der Waals surface area contributed by atoms with Crippen molar-refractivity contribution in [3.05, 3.63) is 46.6 Å². The summed E-state index contributed by atoms with van der Waals surface area (Å²) in [6.07, 6.45) is 7.20. The van der Waals surface area contributed by atoms with Crippen LogP contribution in [0, 0.1) is 29.1 Å². The lowest BCUT2D eigenvalue weighted by molar-refractivity contribution is -0.242. The van der Waals surface area contributed by atoms with Gasteiger partial charge in [0.05, 0.1) is 12.0 Å². The Kier molecular flexibility index (Phi) is 5.15. The van der Waals surface area contributed by atoms with Crippen LogP contribution in [0.4, 0.5) is 0 Å². The summed E-state index contributed by atoms with van der Waals surface area (Å²) in [6.45, 7) is 6.43. The first-order valence-corrected chi connectivity index (χ1v) is 12.9. The minimum absolute atomic E-state index is 0.0285. The molecule has 35 heavy (non-hydrogen) atoms. The van der Waals surface area contributed by atoms with E-state index in [9.17, 15) is 14.7 Å². The molecule has 186 valence electrons. The fraction of sp³-hybridized carbons (Fsp3) is 0.607. The average Bonchev–Trinajstić information content (AvgIpc) is 3.66. The Morgan fingerprint density at radius 3 is 2.77 bits per heavy atom. The second-order valence-corrected chi connectivity index (χ2v) is 11.5. The maximum Gasteiger partial charge on any atom is 0.345 e. The molecule has 1 aliphatic heterocycles. The Balaban J connectivity index is 1.48. The molecule has 0 amide bonds. The molecule has 2 aromatic heterocycles. The van der Waals surface area contributed by atoms with Gasteiger partial charge in [-0.2, -0.15) is 0 Å². The van der Waals surface area contributed by atoms with Gasteiger partial charge in [-0.1, -0.05) is 26.7 Å². The largest absolute Gasteiger partial charge is 0.482 e. The maximum atomic E-state index is 13.2. The number of ether oxygens (including phenoxy) is 2. The van der Waals surface area contributed by atoms with E-state index in [4.69, 9.17) is 13.9 Å². The van der Waals surface area contributed by atoms with Crippen molar-refractivity contribution in [3.8, 4) is 17.1 Å². The first-order valence-electron chi connectivity index (χ1n) is 12.9. The van der Waals surface area contributed by atoms with Crippen LogP contribution in [-0.4, -0.2) is 27.8 Å². The molecule has 6 rings (SSSR count). The van der Waals surface area contributed by atoms with Gasteiger partial charge in [0.25, 0.3) is 0 Å². The molecule has 2 aromatic rings. The highest BCUT2D eigenvalue weighted by molar-refractivity contribution is 5.75. The molecule has 0 saturated heterocycles. The SMILES string of the molecule is C[C@H]1CCC[C@@]2(C)C1C[C@H](OC(=O)C1CC1)[C@@]1(C)Oc3cc(-c4cccnc4)oc(=O)c3[C@H](O)C21. The third-order valence-corrected chi connectivity index (χ3v) is 9.35. The zero-order valence-corrected chi connectivity index (χ0v) is 20.5. The number of carbonyl (C=O) groups is 1. The highest BCUT2D eigenvalue weighted by Gasteiger charge is 2.67. The molecule has 4 aliphatic rings. The van der Waals surface area contributed by atoms with Gasteiger partial charge in [-0.3, -0.25) is 9.78 Å². The van der Waals surface area contributed by atoms with E-state index >= 15 is 0 Å². The van der Waals surface area contributed by atoms with E-state index in [-0.39, 0.29) is 28.8 Å². The molecule has 1 N–H and O–H groups in total. The summed E-state index contributed by atoms with van der Waals surface area (Å²) in [7, 11) is 0. The molecule has 3 fully saturated rings. The number of aromatic nitrogens is 1. The number of hydrogen-bond acceptors (Lipinski definition) is 7. The van der Waals surface area contributed by atoms with Crippen LogP contribution in [0.3, 0.4) is 0 Å². The number of pyridine rings is 1. The van der Waals surface area contributed by atoms with Crippen molar-refractivity contribution in [2.45, 2.75) is 77.1 Å². The van der Waals surface area contributed by atoms with Crippen LogP contribution in [0.1, 0.15) is 71.0 Å². The molecule has 7 nitrogen and oxygen atoms in total. The van der Waals surface area contributed by atoms with Gasteiger partial charge in [-0.05, 0) is 62.0 Å². The maximum absolute atomic E-state index is 13.2. The Morgan fingerprint density at radius 1 is 1.26 bits per heavy atom. The Labute approximate surface area is 204 Å². The number of esters is 1. The molecule has 3 saturated carbocycles. The molecule has 0 bridgehead atoms. The van der Waals surface area contributed by atoms with Gasteiger partial charge in [-0.15, -0.1) is 0 Å². The van der Waals surface area contributed by atoms with E-state index in [0.717, 1.165) is 32.1 Å². The van der Waals surface area contributed by atoms with Gasteiger partial charge in [0, 0.05) is 29.9 Å². The van der Waals surface area contributed by atoms with Crippen molar-refractivity contribution >= 4 is 5.97 Å². The highest BCUT2D eigenvalue weighted by atomic mass is 16.6. The second kappa shape index (κ2) is 7.92. The molecule has 7 atom stereocenters. The minimum Gasteiger partial charge on any atom is -0.482 e. The minimum atomic E-state index is -1.08. The third kappa shape index (κ3) is 3.45. The average molecular weight is 480 g/mol. The lowest BCUT2D eigenvalue weighted by Gasteiger charge is -2.63. The molecule has 0 spiro atoms. The number of rotatable bonds is 3. The third-order valence-electron chi connectivity index (χ3n) is 9.35. The predicted molar refractivity (Wildman–Crippen MR) is 128 cm³/mol. The Morgan fingerprint density at radius 2 is 2.06 bits per heavy atom. The summed E-state index contributed by atoms with van der Waals surface area (Å²) in [5.74, 6) is 0.701. The van der Waals surface area contributed by atoms with E-state index in [1.807, 2.05) is 6.92 Å². The molecule has 0 aromatic carbocycles. The zero-order chi connectivity index (χ0) is 24.5. The normalized spacial score (nSPS) is 37.9. The highest BCUT2D eigenvalue weighted by Crippen LogP contribution is 2.64. The van der Waals surface area contributed by atoms with E-state index < -0.39 is 29.4 Å². The first kappa shape index (κ1) is 22.8. The summed E-state index contributed by atoms with van der Waals surface area (Å²) in [4.78, 5) is 30.2. The van der Waals surface area contributed by atoms with Crippen LogP contribution in [0.5, 0.6) is 5.75 Å². The van der Waals surface area contributed by atoms with Crippen molar-refractivity contribution in [1.82, 2.24) is 4.98 Å². The van der Waals surface area contributed by atoms with Crippen molar-refractivity contribution < 1.29 is 23.8 Å². The standard InChI is InChI=1S/C28H33NO6/c1-15-6-4-10-27(2)18(15)12-21(34-25(31)16-8-9-16)28(3)24(27)23(30)22-20(35-28)13-19(33-26(22)32)17-7-5-11-29-14-17/h5,7,11,13-16,18,21,23-24,30H,4,6,8-10,12H2,1-3H3/t15-,18?,21-,23-,24?,27-,28+/m0/s1. The molecular formula is C28H33NO6. The second-order valence-electron chi connectivity index (χ2n) is 11.5. The van der Waals surface area contributed by atoms with Gasteiger partial charge >= 0.3 is 11.6 Å². The van der Waals surface area contributed by atoms with Crippen molar-refractivity contribution in [1.29, 1.82) is 0 Å². The van der Waals surface area contributed by atoms with Crippen LogP contribution in [0.15, 0.2) is 39.8 Å². The number of aliphatic hydroxyl groups is 1. The summed E-state index contributed by atoms with van der Waals surface area (Å²) in [5.41, 5.74) is -1.03. The fourth-order valence-corrected chi connectivity index (χ4v) is 7.46. The van der Waals surface area contributed by atoms with Crippen LogP contribution in [-0.2, 0) is 9.53 Å². The fourth-order valence-electron chi connectivity index (χ4n) is 7.46. The summed E-state index contributed by atoms with van der Waals surface area (Å²) in [6, 6.07) is 5.23. The number of aliphatic hydroxyl groups excluding tert-OH is 1. The summed E-state index contributed by atoms with van der Waals surface area (Å²) in [5, 5.41) is 11.8. The Bertz CT molecular complexity index is 1210. The number of nitrogens with zero attached hydrogens (tertiary/aromatic N) is 1. The summed E-state index contributed by atoms with van der Waals surface area (Å²) >= 11 is 0. The van der Waals surface area contributed by atoms with E-state index in [1.165, 1.54) is 0 Å². The van der Waals surface area contributed by atoms with E-state index in [2.05, 4.69) is 18.8 Å². The smallest absolute Gasteiger partial charge is 0.345 e. The van der Waals surface area contributed by atoms with Gasteiger partial charge in [0.1, 0.15) is 28.8 Å². The molecule has 3 heterocycles. The molecular weight excluding hydrogens is 446 g/mol. The molecule has 2 unspecified atom stereocenters. The van der Waals surface area contributed by atoms with Gasteiger partial charge in [-0.25, -0.2) is 4.79 Å². The molecule has 7 heteroatoms. The Hall–Kier alpha value is -2.67. The van der Waals surface area contributed by atoms with Gasteiger partial charge < -0.3 is 19.0 Å². The van der Waals surface area contributed by atoms with Gasteiger partial charge in [0.15, 0.2) is 0 Å². The predicted octanol–water partition coefficient (Wildman–Crippen LogP) is 4.67. The number of fused-ring (bicyclic) bond motifs is 4. The lowest BCUT2D eigenvalue weighted by atomic mass is 9.46. The monoisotopic (exact) mass is 479 g/mol. The van der Waals surface area contributed by atoms with Crippen molar-refractivity contribution in [2.75, 3.05) is 0 Å². The lowest BCUT2D eigenvalue weighted by Crippen LogP contribution is -2.68. The molecule has 3 aliphatic carbocycles. The summed E-state index contributed by atoms with van der Waals surface area (Å²) < 4.78 is 18.5. The first-order chi connectivity index (χ1) is 16.7. The quantitative estimate of drug-likeness (QED) is 0.639. The topological polar surface area (TPSA) is 98.9 Å². The van der Waals surface area contributed by atoms with Gasteiger partial charge in [0.2, 0.25) is 0 Å². The van der Waals surface area contributed by atoms with Crippen LogP contribution in [0.2, 0.25) is 0 Å². The van der Waals surface area contributed by atoms with Crippen LogP contribution >= 0.6 is 0 Å². The van der Waals surface area contributed by atoms with Crippen LogP contribution in [0.25, 0.3) is 11.3 Å². The molecule has 0 radical (unpaired) electrons.